The number of nitrogens with zero attached hydrogens (tertiary/aromatic N) is 2. The van der Waals surface area contributed by atoms with Gasteiger partial charge in [0.05, 0.1) is 23.4 Å². The zero-order valence-corrected chi connectivity index (χ0v) is 9.53. The summed E-state index contributed by atoms with van der Waals surface area (Å²) in [4.78, 5) is 13.0. The van der Waals surface area contributed by atoms with Gasteiger partial charge in [0.2, 0.25) is 0 Å². The Hall–Kier alpha value is -1.37. The summed E-state index contributed by atoms with van der Waals surface area (Å²) < 4.78 is 22.8. The van der Waals surface area contributed by atoms with Gasteiger partial charge in [0.15, 0.2) is 9.84 Å². The Labute approximate surface area is 93.2 Å². The van der Waals surface area contributed by atoms with Crippen molar-refractivity contribution >= 4 is 15.5 Å². The van der Waals surface area contributed by atoms with E-state index in [1.165, 1.54) is 6.07 Å². The van der Waals surface area contributed by atoms with Crippen LogP contribution in [0, 0.1) is 0 Å². The summed E-state index contributed by atoms with van der Waals surface area (Å²) in [6.45, 7) is 1.07. The Morgan fingerprint density at radius 1 is 1.31 bits per heavy atom. The molecular weight excluding hydrogens is 230 g/mol. The minimum Gasteiger partial charge on any atom is -0.369 e. The number of nitrogens with one attached hydrogen (secondary N) is 1. The number of rotatable bonds is 1. The van der Waals surface area contributed by atoms with Crippen LogP contribution in [0.5, 0.6) is 0 Å². The van der Waals surface area contributed by atoms with E-state index < -0.39 is 9.84 Å². The van der Waals surface area contributed by atoms with Crippen LogP contribution in [0.3, 0.4) is 0 Å². The predicted octanol–water partition coefficient (Wildman–Crippen LogP) is -0.605. The molecular formula is C9H13N3O3S. The fourth-order valence-electron chi connectivity index (χ4n) is 1.74. The molecule has 0 aromatic carbocycles. The van der Waals surface area contributed by atoms with Crippen molar-refractivity contribution in [3.63, 3.8) is 0 Å². The molecule has 1 saturated heterocycles. The molecule has 1 aromatic heterocycles. The number of anilines is 1. The molecule has 0 saturated carbocycles. The van der Waals surface area contributed by atoms with Gasteiger partial charge in [0.1, 0.15) is 0 Å². The van der Waals surface area contributed by atoms with Crippen molar-refractivity contribution in [2.24, 2.45) is 0 Å². The second-order valence-corrected chi connectivity index (χ2v) is 6.10. The SMILES string of the molecule is O=c1cc(N2CCCS(=O)(=O)CC2)cn[nH]1. The van der Waals surface area contributed by atoms with Crippen LogP contribution in [-0.4, -0.2) is 43.2 Å². The Bertz CT molecular complexity index is 523. The first kappa shape index (κ1) is 11.1. The minimum absolute atomic E-state index is 0.139. The first-order chi connectivity index (χ1) is 7.57. The quantitative estimate of drug-likeness (QED) is 0.711. The van der Waals surface area contributed by atoms with Crippen LogP contribution in [0.25, 0.3) is 0 Å². The van der Waals surface area contributed by atoms with Crippen LogP contribution in [0.1, 0.15) is 6.42 Å². The summed E-state index contributed by atoms with van der Waals surface area (Å²) in [5, 5.41) is 5.99. The van der Waals surface area contributed by atoms with Crippen LogP contribution in [0.4, 0.5) is 5.69 Å². The van der Waals surface area contributed by atoms with E-state index >= 15 is 0 Å². The molecule has 0 atom stereocenters. The van der Waals surface area contributed by atoms with E-state index in [2.05, 4.69) is 10.2 Å². The van der Waals surface area contributed by atoms with Crippen LogP contribution < -0.4 is 10.5 Å². The first-order valence-corrected chi connectivity index (χ1v) is 6.89. The molecule has 1 aromatic rings. The molecule has 1 N–H and O–H groups in total. The number of aromatic amines is 1. The normalized spacial score (nSPS) is 20.4. The second kappa shape index (κ2) is 4.25. The molecule has 0 unspecified atom stereocenters. The number of sulfone groups is 1. The summed E-state index contributed by atoms with van der Waals surface area (Å²) in [6, 6.07) is 1.44. The van der Waals surface area contributed by atoms with Crippen molar-refractivity contribution in [3.05, 3.63) is 22.6 Å². The maximum Gasteiger partial charge on any atom is 0.266 e. The van der Waals surface area contributed by atoms with Gasteiger partial charge < -0.3 is 4.90 Å². The van der Waals surface area contributed by atoms with Gasteiger partial charge in [-0.05, 0) is 6.42 Å². The summed E-state index contributed by atoms with van der Waals surface area (Å²) in [6.07, 6.45) is 2.13. The van der Waals surface area contributed by atoms with E-state index in [1.54, 1.807) is 6.20 Å². The highest BCUT2D eigenvalue weighted by Gasteiger charge is 2.19. The van der Waals surface area contributed by atoms with E-state index in [4.69, 9.17) is 0 Å². The van der Waals surface area contributed by atoms with Crippen LogP contribution >= 0.6 is 0 Å². The van der Waals surface area contributed by atoms with Crippen LogP contribution in [0.15, 0.2) is 17.1 Å². The predicted molar refractivity (Wildman–Crippen MR) is 60.3 cm³/mol. The fraction of sp³-hybridized carbons (Fsp3) is 0.556. The van der Waals surface area contributed by atoms with E-state index in [9.17, 15) is 13.2 Å². The van der Waals surface area contributed by atoms with Crippen LogP contribution in [0.2, 0.25) is 0 Å². The molecule has 1 aliphatic heterocycles. The van der Waals surface area contributed by atoms with Gasteiger partial charge in [-0.2, -0.15) is 5.10 Å². The smallest absolute Gasteiger partial charge is 0.266 e. The van der Waals surface area contributed by atoms with Crippen molar-refractivity contribution in [3.8, 4) is 0 Å². The maximum atomic E-state index is 11.4. The van der Waals surface area contributed by atoms with Gasteiger partial charge in [0, 0.05) is 19.2 Å². The highest BCUT2D eigenvalue weighted by Crippen LogP contribution is 2.13. The molecule has 1 aliphatic rings. The van der Waals surface area contributed by atoms with Crippen molar-refractivity contribution in [2.45, 2.75) is 6.42 Å². The van der Waals surface area contributed by atoms with Gasteiger partial charge in [-0.15, -0.1) is 0 Å². The van der Waals surface area contributed by atoms with Gasteiger partial charge in [-0.3, -0.25) is 4.79 Å². The third kappa shape index (κ3) is 2.60. The molecule has 16 heavy (non-hydrogen) atoms. The van der Waals surface area contributed by atoms with E-state index in [0.29, 0.717) is 25.2 Å². The van der Waals surface area contributed by atoms with Crippen LogP contribution in [-0.2, 0) is 9.84 Å². The third-order valence-corrected chi connectivity index (χ3v) is 4.29. The standard InChI is InChI=1S/C9H13N3O3S/c13-9-6-8(7-10-11-9)12-2-1-4-16(14,15)5-3-12/h6-7H,1-5H2,(H,11,13). The van der Waals surface area contributed by atoms with Crippen molar-refractivity contribution in [1.29, 1.82) is 0 Å². The molecule has 1 fully saturated rings. The number of hydrogen-bond acceptors (Lipinski definition) is 5. The molecule has 7 heteroatoms. The van der Waals surface area contributed by atoms with Gasteiger partial charge in [-0.1, -0.05) is 0 Å². The largest absolute Gasteiger partial charge is 0.369 e. The molecule has 0 radical (unpaired) electrons. The summed E-state index contributed by atoms with van der Waals surface area (Å²) in [5.74, 6) is 0.361. The van der Waals surface area contributed by atoms with Gasteiger partial charge in [0.25, 0.3) is 5.56 Å². The lowest BCUT2D eigenvalue weighted by molar-refractivity contribution is 0.597. The lowest BCUT2D eigenvalue weighted by atomic mass is 10.3. The second-order valence-electron chi connectivity index (χ2n) is 3.80. The lowest BCUT2D eigenvalue weighted by Gasteiger charge is -2.20. The molecule has 2 heterocycles. The molecule has 2 rings (SSSR count). The highest BCUT2D eigenvalue weighted by molar-refractivity contribution is 7.91. The van der Waals surface area contributed by atoms with Crippen molar-refractivity contribution in [1.82, 2.24) is 10.2 Å². The third-order valence-electron chi connectivity index (χ3n) is 2.57. The average Bonchev–Trinajstić information content (AvgIpc) is 2.39. The van der Waals surface area contributed by atoms with Crippen molar-refractivity contribution < 1.29 is 8.42 Å². The number of aromatic nitrogens is 2. The number of H-pyrrole nitrogens is 1. The lowest BCUT2D eigenvalue weighted by Crippen LogP contribution is -2.28. The van der Waals surface area contributed by atoms with Crippen molar-refractivity contribution in [2.75, 3.05) is 29.5 Å². The summed E-state index contributed by atoms with van der Waals surface area (Å²) in [5.41, 5.74) is 0.408. The average molecular weight is 243 g/mol. The van der Waals surface area contributed by atoms with Gasteiger partial charge in [-0.25, -0.2) is 13.5 Å². The molecule has 0 amide bonds. The Morgan fingerprint density at radius 3 is 2.88 bits per heavy atom. The Kier molecular flexibility index (Phi) is 2.95. The van der Waals surface area contributed by atoms with E-state index in [0.717, 1.165) is 0 Å². The monoisotopic (exact) mass is 243 g/mol. The molecule has 88 valence electrons. The zero-order valence-electron chi connectivity index (χ0n) is 8.72. The molecule has 6 nitrogen and oxygen atoms in total. The Balaban J connectivity index is 2.20. The maximum absolute atomic E-state index is 11.4. The first-order valence-electron chi connectivity index (χ1n) is 5.07. The summed E-state index contributed by atoms with van der Waals surface area (Å²) >= 11 is 0. The summed E-state index contributed by atoms with van der Waals surface area (Å²) in [7, 11) is -2.92. The molecule has 0 aliphatic carbocycles. The topological polar surface area (TPSA) is 83.1 Å². The minimum atomic E-state index is -2.92. The zero-order chi connectivity index (χ0) is 11.6. The Morgan fingerprint density at radius 2 is 2.12 bits per heavy atom. The van der Waals surface area contributed by atoms with E-state index in [-0.39, 0.29) is 17.1 Å². The van der Waals surface area contributed by atoms with E-state index in [1.807, 2.05) is 4.90 Å². The molecule has 0 spiro atoms. The highest BCUT2D eigenvalue weighted by atomic mass is 32.2. The number of hydrogen-bond donors (Lipinski definition) is 1. The molecule has 0 bridgehead atoms. The fourth-order valence-corrected chi connectivity index (χ4v) is 3.01. The van der Waals surface area contributed by atoms with Gasteiger partial charge >= 0.3 is 0 Å².